The number of hydrogen-bond donors (Lipinski definition) is 2. The van der Waals surface area contributed by atoms with E-state index in [0.29, 0.717) is 11.5 Å². The number of pyridine rings is 1. The molecule has 2 N–H and O–H groups in total. The van der Waals surface area contributed by atoms with E-state index >= 15 is 0 Å². The van der Waals surface area contributed by atoms with Gasteiger partial charge in [-0.15, -0.1) is 0 Å². The van der Waals surface area contributed by atoms with E-state index in [4.69, 9.17) is 0 Å². The summed E-state index contributed by atoms with van der Waals surface area (Å²) in [5.74, 6) is 0.667. The summed E-state index contributed by atoms with van der Waals surface area (Å²) in [5, 5.41) is 4.28. The fourth-order valence-electron chi connectivity index (χ4n) is 3.75. The van der Waals surface area contributed by atoms with Crippen LogP contribution < -0.4 is 5.32 Å². The van der Waals surface area contributed by atoms with E-state index < -0.39 is 0 Å². The monoisotopic (exact) mass is 333 g/mol. The molecule has 0 bridgehead atoms. The summed E-state index contributed by atoms with van der Waals surface area (Å²) < 4.78 is 0. The summed E-state index contributed by atoms with van der Waals surface area (Å²) in [7, 11) is 0. The lowest BCUT2D eigenvalue weighted by atomic mass is 9.87. The van der Waals surface area contributed by atoms with Crippen molar-refractivity contribution in [2.75, 3.05) is 0 Å². The van der Waals surface area contributed by atoms with Crippen molar-refractivity contribution in [1.29, 1.82) is 0 Å². The van der Waals surface area contributed by atoms with E-state index in [1.807, 2.05) is 37.3 Å². The maximum absolute atomic E-state index is 12.7. The van der Waals surface area contributed by atoms with Crippen molar-refractivity contribution in [3.63, 3.8) is 0 Å². The van der Waals surface area contributed by atoms with Crippen LogP contribution >= 0.6 is 0 Å². The van der Waals surface area contributed by atoms with E-state index in [1.54, 1.807) is 12.4 Å². The predicted molar refractivity (Wildman–Crippen MR) is 99.6 cm³/mol. The molecule has 0 saturated carbocycles. The Balaban J connectivity index is 1.61. The summed E-state index contributed by atoms with van der Waals surface area (Å²) in [6, 6.07) is 9.78. The van der Waals surface area contributed by atoms with E-state index in [2.05, 4.69) is 22.2 Å². The number of fused-ring (bicyclic) bond motifs is 3. The Labute approximate surface area is 147 Å². The molecule has 2 aromatic heterocycles. The van der Waals surface area contributed by atoms with E-state index in [-0.39, 0.29) is 11.9 Å². The number of amides is 1. The molecule has 0 saturated heterocycles. The van der Waals surface area contributed by atoms with Crippen molar-refractivity contribution in [3.8, 4) is 0 Å². The van der Waals surface area contributed by atoms with Crippen LogP contribution in [0.25, 0.3) is 10.9 Å². The Hall–Kier alpha value is -2.62. The molecule has 0 unspecified atom stereocenters. The summed E-state index contributed by atoms with van der Waals surface area (Å²) in [4.78, 5) is 20.2. The van der Waals surface area contributed by atoms with Gasteiger partial charge in [-0.05, 0) is 73.6 Å². The number of rotatable bonds is 3. The second kappa shape index (κ2) is 6.36. The summed E-state index contributed by atoms with van der Waals surface area (Å²) in [6.45, 7) is 4.29. The van der Waals surface area contributed by atoms with Crippen LogP contribution in [0.5, 0.6) is 0 Å². The lowest BCUT2D eigenvalue weighted by molar-refractivity contribution is 0.0940. The molecule has 1 amide bonds. The smallest absolute Gasteiger partial charge is 0.251 e. The molecule has 0 radical (unpaired) electrons. The zero-order chi connectivity index (χ0) is 17.4. The van der Waals surface area contributed by atoms with E-state index in [9.17, 15) is 4.79 Å². The van der Waals surface area contributed by atoms with Crippen molar-refractivity contribution < 1.29 is 4.79 Å². The minimum Gasteiger partial charge on any atom is -0.358 e. The highest BCUT2D eigenvalue weighted by atomic mass is 16.1. The van der Waals surface area contributed by atoms with Crippen LogP contribution in [0.4, 0.5) is 0 Å². The molecular formula is C21H23N3O. The van der Waals surface area contributed by atoms with Gasteiger partial charge >= 0.3 is 0 Å². The lowest BCUT2D eigenvalue weighted by Gasteiger charge is -2.18. The normalized spacial score (nSPS) is 17.9. The molecule has 1 aromatic carbocycles. The third kappa shape index (κ3) is 3.04. The third-order valence-corrected chi connectivity index (χ3v) is 5.25. The number of H-pyrrole nitrogens is 1. The van der Waals surface area contributed by atoms with Crippen LogP contribution in [0.1, 0.15) is 53.5 Å². The molecule has 1 aliphatic carbocycles. The molecule has 3 aromatic rings. The van der Waals surface area contributed by atoms with Crippen LogP contribution in [0, 0.1) is 5.92 Å². The molecule has 128 valence electrons. The molecule has 4 nitrogen and oxygen atoms in total. The number of carbonyl (C=O) groups excluding carboxylic acids is 1. The Kier molecular flexibility index (Phi) is 4.04. The molecule has 0 spiro atoms. The van der Waals surface area contributed by atoms with Gasteiger partial charge in [-0.25, -0.2) is 0 Å². The average molecular weight is 333 g/mol. The molecule has 25 heavy (non-hydrogen) atoms. The van der Waals surface area contributed by atoms with Crippen molar-refractivity contribution in [1.82, 2.24) is 15.3 Å². The number of benzene rings is 1. The molecule has 0 aliphatic heterocycles. The number of hydrogen-bond acceptors (Lipinski definition) is 2. The van der Waals surface area contributed by atoms with Gasteiger partial charge in [0, 0.05) is 34.6 Å². The van der Waals surface area contributed by atoms with Crippen LogP contribution in [-0.4, -0.2) is 15.9 Å². The fraction of sp³-hybridized carbons (Fsp3) is 0.333. The van der Waals surface area contributed by atoms with Gasteiger partial charge in [0.2, 0.25) is 0 Å². The summed E-state index contributed by atoms with van der Waals surface area (Å²) in [6.07, 6.45) is 6.92. The third-order valence-electron chi connectivity index (χ3n) is 5.25. The fourth-order valence-corrected chi connectivity index (χ4v) is 3.75. The van der Waals surface area contributed by atoms with Crippen molar-refractivity contribution in [3.05, 3.63) is 65.1 Å². The molecule has 2 heterocycles. The number of carbonyl (C=O) groups is 1. The second-order valence-electron chi connectivity index (χ2n) is 7.17. The quantitative estimate of drug-likeness (QED) is 0.755. The molecular weight excluding hydrogens is 310 g/mol. The minimum absolute atomic E-state index is 0.0370. The van der Waals surface area contributed by atoms with Crippen molar-refractivity contribution >= 4 is 16.8 Å². The van der Waals surface area contributed by atoms with Gasteiger partial charge in [0.25, 0.3) is 5.91 Å². The Morgan fingerprint density at radius 2 is 2.08 bits per heavy atom. The molecule has 4 rings (SSSR count). The van der Waals surface area contributed by atoms with Gasteiger partial charge in [-0.1, -0.05) is 6.92 Å². The number of aromatic nitrogens is 2. The van der Waals surface area contributed by atoms with Crippen LogP contribution in [0.15, 0.2) is 42.7 Å². The zero-order valence-electron chi connectivity index (χ0n) is 14.7. The standard InChI is InChI=1S/C21H23N3O/c1-13-3-5-19-17(11-13)18-12-16(4-6-20(18)24-19)21(25)23-14(2)15-7-9-22-10-8-15/h4,6-10,12-14,24H,3,5,11H2,1-2H3,(H,23,25)/t13-,14+/m0/s1. The molecule has 2 atom stereocenters. The number of nitrogens with zero attached hydrogens (tertiary/aromatic N) is 1. The summed E-state index contributed by atoms with van der Waals surface area (Å²) >= 11 is 0. The number of nitrogens with one attached hydrogen (secondary N) is 2. The highest BCUT2D eigenvalue weighted by Crippen LogP contribution is 2.32. The second-order valence-corrected chi connectivity index (χ2v) is 7.17. The predicted octanol–water partition coefficient (Wildman–Crippen LogP) is 4.18. The highest BCUT2D eigenvalue weighted by Gasteiger charge is 2.21. The van der Waals surface area contributed by atoms with Crippen LogP contribution in [-0.2, 0) is 12.8 Å². The lowest BCUT2D eigenvalue weighted by Crippen LogP contribution is -2.26. The van der Waals surface area contributed by atoms with Crippen molar-refractivity contribution in [2.45, 2.75) is 39.2 Å². The van der Waals surface area contributed by atoms with Gasteiger partial charge in [0.15, 0.2) is 0 Å². The Morgan fingerprint density at radius 1 is 1.28 bits per heavy atom. The number of aromatic amines is 1. The SMILES string of the molecule is C[C@H]1CCc2[nH]c3ccc(C(=O)N[C@H](C)c4ccncc4)cc3c2C1. The first kappa shape index (κ1) is 15.9. The first-order chi connectivity index (χ1) is 12.1. The number of aryl methyl sites for hydroxylation is 1. The van der Waals surface area contributed by atoms with Crippen LogP contribution in [0.3, 0.4) is 0 Å². The zero-order valence-corrected chi connectivity index (χ0v) is 14.7. The first-order valence-electron chi connectivity index (χ1n) is 8.96. The summed E-state index contributed by atoms with van der Waals surface area (Å²) in [5.41, 5.74) is 5.64. The molecule has 0 fully saturated rings. The van der Waals surface area contributed by atoms with Gasteiger partial charge in [0.1, 0.15) is 0 Å². The van der Waals surface area contributed by atoms with E-state index in [0.717, 1.165) is 23.9 Å². The van der Waals surface area contributed by atoms with Gasteiger partial charge in [-0.3, -0.25) is 9.78 Å². The molecule has 4 heteroatoms. The average Bonchev–Trinajstić information content (AvgIpc) is 2.99. The van der Waals surface area contributed by atoms with Crippen LogP contribution in [0.2, 0.25) is 0 Å². The first-order valence-corrected chi connectivity index (χ1v) is 8.96. The Morgan fingerprint density at radius 3 is 2.88 bits per heavy atom. The maximum Gasteiger partial charge on any atom is 0.251 e. The van der Waals surface area contributed by atoms with Gasteiger partial charge in [-0.2, -0.15) is 0 Å². The van der Waals surface area contributed by atoms with E-state index in [1.165, 1.54) is 23.1 Å². The largest absolute Gasteiger partial charge is 0.358 e. The Bertz CT molecular complexity index is 914. The minimum atomic E-state index is -0.0497. The maximum atomic E-state index is 12.7. The van der Waals surface area contributed by atoms with Crippen molar-refractivity contribution in [2.24, 2.45) is 5.92 Å². The van der Waals surface area contributed by atoms with Gasteiger partial charge in [0.05, 0.1) is 6.04 Å². The van der Waals surface area contributed by atoms with Gasteiger partial charge < -0.3 is 10.3 Å². The highest BCUT2D eigenvalue weighted by molar-refractivity contribution is 5.99. The molecule has 1 aliphatic rings. The topological polar surface area (TPSA) is 57.8 Å².